The summed E-state index contributed by atoms with van der Waals surface area (Å²) in [5.74, 6) is 1.66. The monoisotopic (exact) mass is 334 g/mol. The predicted octanol–water partition coefficient (Wildman–Crippen LogP) is 3.66. The number of para-hydroxylation sites is 1. The van der Waals surface area contributed by atoms with Gasteiger partial charge in [0.05, 0.1) is 18.3 Å². The molecule has 1 aliphatic carbocycles. The average molecular weight is 334 g/mol. The molecule has 0 radical (unpaired) electrons. The summed E-state index contributed by atoms with van der Waals surface area (Å²) >= 11 is 0. The number of anilines is 1. The minimum absolute atomic E-state index is 0.0495. The van der Waals surface area contributed by atoms with E-state index in [9.17, 15) is 4.79 Å². The number of nitrogens with one attached hydrogen (secondary N) is 2. The Balaban J connectivity index is 1.42. The number of amides is 1. The third-order valence-corrected chi connectivity index (χ3v) is 4.33. The molecular formula is C19H18N4O2. The van der Waals surface area contributed by atoms with E-state index in [1.54, 1.807) is 24.5 Å². The number of hydrogen-bond acceptors (Lipinski definition) is 4. The third kappa shape index (κ3) is 3.38. The Morgan fingerprint density at radius 1 is 1.12 bits per heavy atom. The second-order valence-corrected chi connectivity index (χ2v) is 6.03. The van der Waals surface area contributed by atoms with Gasteiger partial charge in [-0.2, -0.15) is 5.10 Å². The molecule has 0 fully saturated rings. The normalized spacial score (nSPS) is 16.1. The zero-order valence-electron chi connectivity index (χ0n) is 13.6. The highest BCUT2D eigenvalue weighted by Gasteiger charge is 2.28. The molecule has 2 N–H and O–H groups in total. The Labute approximate surface area is 145 Å². The van der Waals surface area contributed by atoms with Gasteiger partial charge in [0, 0.05) is 11.3 Å². The van der Waals surface area contributed by atoms with Crippen LogP contribution < -0.4 is 10.1 Å². The van der Waals surface area contributed by atoms with Gasteiger partial charge >= 0.3 is 0 Å². The number of fused-ring (bicyclic) bond motifs is 1. The summed E-state index contributed by atoms with van der Waals surface area (Å²) < 4.78 is 5.70. The lowest BCUT2D eigenvalue weighted by molar-refractivity contribution is -0.117. The molecule has 0 spiro atoms. The Morgan fingerprint density at radius 2 is 2.00 bits per heavy atom. The number of carbonyl (C=O) groups is 1. The molecule has 0 aliphatic heterocycles. The number of ether oxygens (including phenoxy) is 1. The van der Waals surface area contributed by atoms with Crippen molar-refractivity contribution < 1.29 is 9.53 Å². The minimum atomic E-state index is -0.176. The van der Waals surface area contributed by atoms with Crippen molar-refractivity contribution >= 4 is 11.7 Å². The SMILES string of the molecule is O=C(Nc1ccc(Oc2ccccc2)cn1)C1CCCc2[nH]ncc21. The lowest BCUT2D eigenvalue weighted by atomic mass is 9.86. The fourth-order valence-electron chi connectivity index (χ4n) is 3.09. The van der Waals surface area contributed by atoms with Crippen LogP contribution in [0.15, 0.2) is 54.9 Å². The molecular weight excluding hydrogens is 316 g/mol. The molecule has 1 aromatic carbocycles. The van der Waals surface area contributed by atoms with Crippen molar-refractivity contribution in [3.05, 3.63) is 66.1 Å². The number of aromatic nitrogens is 3. The fourth-order valence-corrected chi connectivity index (χ4v) is 3.09. The molecule has 1 aliphatic rings. The van der Waals surface area contributed by atoms with Gasteiger partial charge in [0.1, 0.15) is 17.3 Å². The second-order valence-electron chi connectivity index (χ2n) is 6.03. The average Bonchev–Trinajstić information content (AvgIpc) is 3.13. The van der Waals surface area contributed by atoms with Gasteiger partial charge in [-0.1, -0.05) is 18.2 Å². The largest absolute Gasteiger partial charge is 0.456 e. The molecule has 1 amide bonds. The zero-order valence-corrected chi connectivity index (χ0v) is 13.6. The van der Waals surface area contributed by atoms with Crippen molar-refractivity contribution in [2.45, 2.75) is 25.2 Å². The molecule has 1 unspecified atom stereocenters. The summed E-state index contributed by atoms with van der Waals surface area (Å²) in [5.41, 5.74) is 2.05. The molecule has 2 aromatic heterocycles. The second kappa shape index (κ2) is 6.76. The van der Waals surface area contributed by atoms with Gasteiger partial charge in [-0.3, -0.25) is 9.89 Å². The molecule has 3 aromatic rings. The summed E-state index contributed by atoms with van der Waals surface area (Å²) in [6.07, 6.45) is 6.11. The van der Waals surface area contributed by atoms with Gasteiger partial charge in [0.25, 0.3) is 0 Å². The van der Waals surface area contributed by atoms with E-state index in [1.807, 2.05) is 30.3 Å². The van der Waals surface area contributed by atoms with E-state index in [2.05, 4.69) is 20.5 Å². The zero-order chi connectivity index (χ0) is 17.1. The molecule has 0 bridgehead atoms. The van der Waals surface area contributed by atoms with Crippen molar-refractivity contribution in [2.75, 3.05) is 5.32 Å². The summed E-state index contributed by atoms with van der Waals surface area (Å²) in [6.45, 7) is 0. The lowest BCUT2D eigenvalue weighted by Crippen LogP contribution is -2.24. The smallest absolute Gasteiger partial charge is 0.233 e. The van der Waals surface area contributed by atoms with Gasteiger partial charge in [-0.05, 0) is 43.5 Å². The van der Waals surface area contributed by atoms with E-state index in [1.165, 1.54) is 0 Å². The number of rotatable bonds is 4. The van der Waals surface area contributed by atoms with Crippen LogP contribution in [0.2, 0.25) is 0 Å². The first-order chi connectivity index (χ1) is 12.3. The van der Waals surface area contributed by atoms with Crippen LogP contribution in [0.25, 0.3) is 0 Å². The van der Waals surface area contributed by atoms with E-state index in [-0.39, 0.29) is 11.8 Å². The molecule has 0 saturated heterocycles. The van der Waals surface area contributed by atoms with Crippen LogP contribution in [0.4, 0.5) is 5.82 Å². The fraction of sp³-hybridized carbons (Fsp3) is 0.211. The number of H-pyrrole nitrogens is 1. The Morgan fingerprint density at radius 3 is 2.80 bits per heavy atom. The minimum Gasteiger partial charge on any atom is -0.456 e. The summed E-state index contributed by atoms with van der Waals surface area (Å²) in [4.78, 5) is 16.9. The van der Waals surface area contributed by atoms with Crippen LogP contribution in [0.5, 0.6) is 11.5 Å². The topological polar surface area (TPSA) is 79.9 Å². The highest BCUT2D eigenvalue weighted by Crippen LogP contribution is 2.31. The lowest BCUT2D eigenvalue weighted by Gasteiger charge is -2.20. The summed E-state index contributed by atoms with van der Waals surface area (Å²) in [5, 5.41) is 9.92. The maximum atomic E-state index is 12.6. The van der Waals surface area contributed by atoms with Crippen LogP contribution in [0.3, 0.4) is 0 Å². The van der Waals surface area contributed by atoms with Crippen molar-refractivity contribution in [2.24, 2.45) is 0 Å². The van der Waals surface area contributed by atoms with E-state index in [0.717, 1.165) is 36.3 Å². The Bertz CT molecular complexity index is 859. The van der Waals surface area contributed by atoms with Crippen LogP contribution in [-0.2, 0) is 11.2 Å². The number of aromatic amines is 1. The number of pyridine rings is 1. The molecule has 6 heteroatoms. The van der Waals surface area contributed by atoms with E-state index in [0.29, 0.717) is 11.6 Å². The van der Waals surface area contributed by atoms with Gasteiger partial charge in [-0.25, -0.2) is 4.98 Å². The van der Waals surface area contributed by atoms with Gasteiger partial charge < -0.3 is 10.1 Å². The molecule has 0 saturated carbocycles. The standard InChI is InChI=1S/C19H18N4O2/c24-19(15-7-4-8-17-16(15)12-21-23-17)22-18-10-9-14(11-20-18)25-13-5-2-1-3-6-13/h1-3,5-6,9-12,15H,4,7-8H2,(H,21,23)(H,20,22,24). The number of hydrogen-bond donors (Lipinski definition) is 2. The van der Waals surface area contributed by atoms with Gasteiger partial charge in [0.2, 0.25) is 5.91 Å². The summed E-state index contributed by atoms with van der Waals surface area (Å²) in [7, 11) is 0. The first-order valence-corrected chi connectivity index (χ1v) is 8.31. The Hall–Kier alpha value is -3.15. The summed E-state index contributed by atoms with van der Waals surface area (Å²) in [6, 6.07) is 13.0. The molecule has 6 nitrogen and oxygen atoms in total. The van der Waals surface area contributed by atoms with E-state index >= 15 is 0 Å². The number of benzene rings is 1. The van der Waals surface area contributed by atoms with Crippen molar-refractivity contribution in [3.8, 4) is 11.5 Å². The number of aryl methyl sites for hydroxylation is 1. The first kappa shape index (κ1) is 15.4. The first-order valence-electron chi connectivity index (χ1n) is 8.31. The Kier molecular flexibility index (Phi) is 4.16. The highest BCUT2D eigenvalue weighted by molar-refractivity contribution is 5.95. The highest BCUT2D eigenvalue weighted by atomic mass is 16.5. The maximum Gasteiger partial charge on any atom is 0.233 e. The van der Waals surface area contributed by atoms with Crippen molar-refractivity contribution in [3.63, 3.8) is 0 Å². The van der Waals surface area contributed by atoms with E-state index in [4.69, 9.17) is 4.74 Å². The van der Waals surface area contributed by atoms with E-state index < -0.39 is 0 Å². The molecule has 2 heterocycles. The molecule has 4 rings (SSSR count). The van der Waals surface area contributed by atoms with Crippen LogP contribution in [-0.4, -0.2) is 21.1 Å². The molecule has 25 heavy (non-hydrogen) atoms. The van der Waals surface area contributed by atoms with Crippen LogP contribution in [0.1, 0.15) is 30.0 Å². The van der Waals surface area contributed by atoms with Gasteiger partial charge in [-0.15, -0.1) is 0 Å². The number of nitrogens with zero attached hydrogens (tertiary/aromatic N) is 2. The van der Waals surface area contributed by atoms with Crippen molar-refractivity contribution in [1.29, 1.82) is 0 Å². The predicted molar refractivity (Wildman–Crippen MR) is 93.6 cm³/mol. The third-order valence-electron chi connectivity index (χ3n) is 4.33. The van der Waals surface area contributed by atoms with Gasteiger partial charge in [0.15, 0.2) is 0 Å². The number of carbonyl (C=O) groups excluding carboxylic acids is 1. The molecule has 126 valence electrons. The van der Waals surface area contributed by atoms with Crippen molar-refractivity contribution in [1.82, 2.24) is 15.2 Å². The van der Waals surface area contributed by atoms with Crippen LogP contribution >= 0.6 is 0 Å². The quantitative estimate of drug-likeness (QED) is 0.763. The van der Waals surface area contributed by atoms with Crippen LogP contribution in [0, 0.1) is 0 Å². The molecule has 1 atom stereocenters. The maximum absolute atomic E-state index is 12.6.